The normalized spacial score (nSPS) is 22.7. The highest BCUT2D eigenvalue weighted by atomic mass is 16.5. The molecule has 1 aromatic heterocycles. The van der Waals surface area contributed by atoms with Gasteiger partial charge in [0.2, 0.25) is 5.91 Å². The number of rotatable bonds is 15. The highest BCUT2D eigenvalue weighted by Gasteiger charge is 2.35. The van der Waals surface area contributed by atoms with Crippen molar-refractivity contribution in [2.45, 2.75) is 110 Å². The van der Waals surface area contributed by atoms with E-state index in [1.165, 1.54) is 12.8 Å². The Labute approximate surface area is 288 Å². The van der Waals surface area contributed by atoms with Crippen molar-refractivity contribution in [1.82, 2.24) is 9.78 Å². The number of amides is 1. The maximum absolute atomic E-state index is 14.4. The molecule has 0 N–H and O–H groups in total. The highest BCUT2D eigenvalue weighted by Crippen LogP contribution is 2.38. The van der Waals surface area contributed by atoms with Gasteiger partial charge in [-0.05, 0) is 126 Å². The van der Waals surface area contributed by atoms with Crippen LogP contribution in [0.15, 0.2) is 72.3 Å². The van der Waals surface area contributed by atoms with Crippen molar-refractivity contribution in [3.8, 4) is 11.1 Å². The van der Waals surface area contributed by atoms with Crippen LogP contribution >= 0.6 is 0 Å². The number of anilines is 1. The summed E-state index contributed by atoms with van der Waals surface area (Å²) in [5.41, 5.74) is 5.43. The highest BCUT2D eigenvalue weighted by molar-refractivity contribution is 5.96. The van der Waals surface area contributed by atoms with Gasteiger partial charge in [0.1, 0.15) is 5.76 Å². The largest absolute Gasteiger partial charge is 0.497 e. The summed E-state index contributed by atoms with van der Waals surface area (Å²) in [5, 5.41) is 4.61. The lowest BCUT2D eigenvalue weighted by Crippen LogP contribution is -2.42. The Bertz CT molecular complexity index is 1450. The smallest absolute Gasteiger partial charge is 0.308 e. The van der Waals surface area contributed by atoms with Crippen molar-refractivity contribution in [3.05, 3.63) is 72.3 Å². The van der Waals surface area contributed by atoms with Gasteiger partial charge in [0.15, 0.2) is 0 Å². The van der Waals surface area contributed by atoms with Crippen LogP contribution in [0.4, 0.5) is 5.69 Å². The van der Waals surface area contributed by atoms with E-state index in [0.717, 1.165) is 104 Å². The van der Waals surface area contributed by atoms with Crippen LogP contribution in [0.5, 0.6) is 0 Å². The van der Waals surface area contributed by atoms with Crippen molar-refractivity contribution in [2.75, 3.05) is 25.2 Å². The summed E-state index contributed by atoms with van der Waals surface area (Å²) < 4.78 is 13.2. The minimum atomic E-state index is -0.0930. The number of benzene rings is 1. The first-order valence-corrected chi connectivity index (χ1v) is 18.5. The maximum Gasteiger partial charge on any atom is 0.308 e. The molecule has 0 saturated heterocycles. The van der Waals surface area contributed by atoms with Gasteiger partial charge < -0.3 is 14.4 Å². The number of ether oxygens (including phenoxy) is 2. The molecule has 0 spiro atoms. The third kappa shape index (κ3) is 9.51. The Morgan fingerprint density at radius 3 is 2.31 bits per heavy atom. The first kappa shape index (κ1) is 35.7. The zero-order chi connectivity index (χ0) is 34.0. The predicted molar refractivity (Wildman–Crippen MR) is 193 cm³/mol. The van der Waals surface area contributed by atoms with Gasteiger partial charge in [0.25, 0.3) is 0 Å². The van der Waals surface area contributed by atoms with Crippen LogP contribution in [-0.4, -0.2) is 41.9 Å². The van der Waals surface area contributed by atoms with Crippen LogP contribution in [0.1, 0.15) is 110 Å². The molecule has 5 rings (SSSR count). The quantitative estimate of drug-likeness (QED) is 0.0827. The van der Waals surface area contributed by atoms with Crippen molar-refractivity contribution < 1.29 is 19.1 Å². The molecular weight excluding hydrogens is 598 g/mol. The fraction of sp³-hybridized carbons (Fsp3) is 0.585. The monoisotopic (exact) mass is 655 g/mol. The molecule has 7 heteroatoms. The van der Waals surface area contributed by atoms with Gasteiger partial charge in [-0.2, -0.15) is 5.10 Å². The molecule has 0 aliphatic heterocycles. The molecule has 48 heavy (non-hydrogen) atoms. The number of methoxy groups -OCH3 is 1. The number of carbonyl (C=O) groups is 2. The average Bonchev–Trinajstić information content (AvgIpc) is 3.84. The molecule has 0 atom stereocenters. The van der Waals surface area contributed by atoms with Gasteiger partial charge in [-0.25, -0.2) is 0 Å². The number of allylic oxidation sites excluding steroid dienone is 4. The lowest BCUT2D eigenvalue weighted by molar-refractivity contribution is -0.150. The summed E-state index contributed by atoms with van der Waals surface area (Å²) in [4.78, 5) is 29.2. The van der Waals surface area contributed by atoms with Crippen molar-refractivity contribution in [2.24, 2.45) is 23.7 Å². The molecule has 260 valence electrons. The van der Waals surface area contributed by atoms with Gasteiger partial charge in [-0.15, -0.1) is 0 Å². The molecule has 1 aromatic carbocycles. The van der Waals surface area contributed by atoms with Gasteiger partial charge in [-0.1, -0.05) is 50.1 Å². The van der Waals surface area contributed by atoms with Crippen LogP contribution in [0.3, 0.4) is 0 Å². The van der Waals surface area contributed by atoms with Gasteiger partial charge in [0, 0.05) is 29.9 Å². The minimum Gasteiger partial charge on any atom is -0.497 e. The first-order chi connectivity index (χ1) is 23.3. The molecule has 7 nitrogen and oxygen atoms in total. The fourth-order valence-corrected chi connectivity index (χ4v) is 7.37. The number of unbranched alkanes of at least 4 members (excludes halogenated alkanes) is 2. The van der Waals surface area contributed by atoms with E-state index in [-0.39, 0.29) is 23.7 Å². The predicted octanol–water partition coefficient (Wildman–Crippen LogP) is 9.62. The number of aromatic nitrogens is 2. The Balaban J connectivity index is 1.26. The summed E-state index contributed by atoms with van der Waals surface area (Å²) in [6.45, 7) is 11.9. The van der Waals surface area contributed by atoms with Crippen LogP contribution in [0.25, 0.3) is 11.1 Å². The van der Waals surface area contributed by atoms with E-state index in [1.54, 1.807) is 7.11 Å². The van der Waals surface area contributed by atoms with Crippen LogP contribution in [0, 0.1) is 23.7 Å². The molecule has 1 heterocycles. The molecule has 0 bridgehead atoms. The molecule has 1 amide bonds. The molecular formula is C41H57N3O4. The molecule has 3 aliphatic rings. The van der Waals surface area contributed by atoms with E-state index in [1.807, 2.05) is 12.3 Å². The second kappa shape index (κ2) is 17.2. The molecule has 0 unspecified atom stereocenters. The first-order valence-electron chi connectivity index (χ1n) is 18.5. The van der Waals surface area contributed by atoms with Crippen molar-refractivity contribution in [1.29, 1.82) is 0 Å². The number of hydrogen-bond acceptors (Lipinski definition) is 5. The molecule has 3 aliphatic carbocycles. The minimum absolute atomic E-state index is 0.0817. The Kier molecular flexibility index (Phi) is 12.8. The standard InChI is InChI=1S/C41H57N3O4/c1-6-7-8-24-48-41(46)34-19-17-33(18-20-34)40(45)43(38-11-9-10-35(25-38)36-26-42-44(28-36)37-21-22-37)27-31-13-15-32(16-14-31)30(4)12-23-39(47-5)29(2)3/h9-12,23,25-26,28,31-34,37H,4,6-8,13-22,24,27H2,1-3,5H3/b23-12-/t31-,32-,33-,34-. The molecule has 3 saturated carbocycles. The van der Waals surface area contributed by atoms with E-state index < -0.39 is 0 Å². The van der Waals surface area contributed by atoms with Gasteiger partial charge >= 0.3 is 5.97 Å². The second-order valence-electron chi connectivity index (χ2n) is 14.6. The second-order valence-corrected chi connectivity index (χ2v) is 14.6. The van der Waals surface area contributed by atoms with E-state index >= 15 is 0 Å². The Morgan fingerprint density at radius 1 is 0.938 bits per heavy atom. The summed E-state index contributed by atoms with van der Waals surface area (Å²) in [5.74, 6) is 1.69. The Hall–Kier alpha value is -3.61. The van der Waals surface area contributed by atoms with E-state index in [9.17, 15) is 9.59 Å². The zero-order valence-corrected chi connectivity index (χ0v) is 29.8. The number of esters is 1. The van der Waals surface area contributed by atoms with E-state index in [2.05, 4.69) is 78.6 Å². The third-order valence-electron chi connectivity index (χ3n) is 10.7. The zero-order valence-electron chi connectivity index (χ0n) is 29.8. The molecule has 0 radical (unpaired) electrons. The lowest BCUT2D eigenvalue weighted by Gasteiger charge is -2.36. The van der Waals surface area contributed by atoms with E-state index in [4.69, 9.17) is 9.47 Å². The summed E-state index contributed by atoms with van der Waals surface area (Å²) >= 11 is 0. The van der Waals surface area contributed by atoms with Crippen LogP contribution in [0.2, 0.25) is 0 Å². The summed E-state index contributed by atoms with van der Waals surface area (Å²) in [7, 11) is 1.71. The maximum atomic E-state index is 14.4. The number of nitrogens with zero attached hydrogens (tertiary/aromatic N) is 3. The molecule has 3 fully saturated rings. The number of hydrogen-bond donors (Lipinski definition) is 0. The van der Waals surface area contributed by atoms with Crippen molar-refractivity contribution in [3.63, 3.8) is 0 Å². The topological polar surface area (TPSA) is 73.7 Å². The van der Waals surface area contributed by atoms with Crippen LogP contribution in [-0.2, 0) is 19.1 Å². The number of carbonyl (C=O) groups excluding carboxylic acids is 2. The Morgan fingerprint density at radius 2 is 1.65 bits per heavy atom. The lowest BCUT2D eigenvalue weighted by atomic mass is 9.78. The van der Waals surface area contributed by atoms with Crippen molar-refractivity contribution >= 4 is 17.6 Å². The van der Waals surface area contributed by atoms with Gasteiger partial charge in [0.05, 0.1) is 31.9 Å². The third-order valence-corrected chi connectivity index (χ3v) is 10.7. The fourth-order valence-electron chi connectivity index (χ4n) is 7.37. The summed E-state index contributed by atoms with van der Waals surface area (Å²) in [6.07, 6.45) is 20.9. The SMILES string of the molecule is C=C(/C=C\C(OC)=C(C)C)[C@H]1CC[C@H](CN(c2cccc(-c3cnn(C4CC4)c3)c2)C(=O)[C@H]2CC[C@H](C(=O)OCCCCC)CC2)CC1. The van der Waals surface area contributed by atoms with Gasteiger partial charge in [-0.3, -0.25) is 14.3 Å². The summed E-state index contributed by atoms with van der Waals surface area (Å²) in [6, 6.07) is 8.96. The van der Waals surface area contributed by atoms with E-state index in [0.29, 0.717) is 31.0 Å². The average molecular weight is 656 g/mol. The molecule has 2 aromatic rings. The van der Waals surface area contributed by atoms with Crippen LogP contribution < -0.4 is 4.90 Å².